The second-order valence-electron chi connectivity index (χ2n) is 15.9. The lowest BCUT2D eigenvalue weighted by Gasteiger charge is -2.48. The number of hydrogen-bond donors (Lipinski definition) is 0. The standard InChI is InChI=1S/C54H37B2NOSi/c1-4-19-40(20-5-1)55-45-27-11-14-31-50(45)59(51-32-15-12-28-46(51)56-44-26-10-13-29-48(44)58-49-30-17-33-53(59)54(49)56)52-35-34-39(37-47(52)55)38-18-16-25-43(36-38)57(41-21-6-2-7-22-41)42-23-8-3-9-24-42/h1-37H. The van der Waals surface area contributed by atoms with Gasteiger partial charge in [0, 0.05) is 17.1 Å². The van der Waals surface area contributed by atoms with E-state index in [2.05, 4.69) is 229 Å². The average molecular weight is 766 g/mol. The highest BCUT2D eigenvalue weighted by Gasteiger charge is 2.56. The van der Waals surface area contributed by atoms with Gasteiger partial charge >= 0.3 is 0 Å². The molecule has 274 valence electrons. The number of nitrogens with zero attached hydrogens (tertiary/aromatic N) is 1. The minimum absolute atomic E-state index is 0.0650. The monoisotopic (exact) mass is 765 g/mol. The fraction of sp³-hybridized carbons (Fsp3) is 0. The van der Waals surface area contributed by atoms with Crippen molar-refractivity contribution in [2.75, 3.05) is 4.90 Å². The van der Waals surface area contributed by atoms with Crippen molar-refractivity contribution in [3.8, 4) is 22.6 Å². The van der Waals surface area contributed by atoms with Gasteiger partial charge in [0.1, 0.15) is 11.5 Å². The maximum Gasteiger partial charge on any atom is 0.250 e. The summed E-state index contributed by atoms with van der Waals surface area (Å²) in [5, 5.41) is 5.83. The molecule has 0 aromatic heterocycles. The van der Waals surface area contributed by atoms with Crippen LogP contribution >= 0.6 is 0 Å². The van der Waals surface area contributed by atoms with Gasteiger partial charge in [0.25, 0.3) is 6.71 Å². The van der Waals surface area contributed by atoms with Crippen LogP contribution < -0.4 is 63.2 Å². The van der Waals surface area contributed by atoms with Crippen LogP contribution in [0.1, 0.15) is 0 Å². The van der Waals surface area contributed by atoms with E-state index in [9.17, 15) is 0 Å². The summed E-state index contributed by atoms with van der Waals surface area (Å²) in [7, 11) is -2.93. The smallest absolute Gasteiger partial charge is 0.250 e. The number of para-hydroxylation sites is 3. The zero-order chi connectivity index (χ0) is 38.9. The van der Waals surface area contributed by atoms with Crippen LogP contribution in [0.3, 0.4) is 0 Å². The highest BCUT2D eigenvalue weighted by atomic mass is 28.3. The molecule has 1 spiro atoms. The Labute approximate surface area is 347 Å². The number of ether oxygens (including phenoxy) is 1. The summed E-state index contributed by atoms with van der Waals surface area (Å²) in [6.45, 7) is 0.164. The summed E-state index contributed by atoms with van der Waals surface area (Å²) in [6.07, 6.45) is 0. The normalized spacial score (nSPS) is 15.3. The first-order valence-corrected chi connectivity index (χ1v) is 22.6. The third-order valence-electron chi connectivity index (χ3n) is 12.9. The number of benzene rings is 9. The van der Waals surface area contributed by atoms with Crippen LogP contribution in [0.4, 0.5) is 17.1 Å². The van der Waals surface area contributed by atoms with E-state index in [4.69, 9.17) is 4.74 Å². The second-order valence-corrected chi connectivity index (χ2v) is 19.6. The Morgan fingerprint density at radius 3 is 1.56 bits per heavy atom. The van der Waals surface area contributed by atoms with Gasteiger partial charge in [-0.15, -0.1) is 0 Å². The first-order chi connectivity index (χ1) is 29.3. The third-order valence-corrected chi connectivity index (χ3v) is 18.0. The molecular weight excluding hydrogens is 728 g/mol. The van der Waals surface area contributed by atoms with Crippen LogP contribution in [0.15, 0.2) is 224 Å². The van der Waals surface area contributed by atoms with Crippen molar-refractivity contribution in [2.45, 2.75) is 0 Å². The molecule has 0 saturated carbocycles. The van der Waals surface area contributed by atoms with E-state index in [1.807, 2.05) is 0 Å². The minimum atomic E-state index is -2.93. The zero-order valence-corrected chi connectivity index (χ0v) is 33.4. The van der Waals surface area contributed by atoms with Crippen molar-refractivity contribution in [3.63, 3.8) is 0 Å². The van der Waals surface area contributed by atoms with Gasteiger partial charge in [-0.3, -0.25) is 0 Å². The molecule has 3 aliphatic heterocycles. The Bertz CT molecular complexity index is 3010. The molecular formula is C54H37B2NOSi. The fourth-order valence-corrected chi connectivity index (χ4v) is 16.4. The SMILES string of the molecule is c1ccc(B2c3ccccc3[Si]3(c4ccc(-c5cccc(N(c6ccccc6)c6ccccc6)c5)cc42)c2ccccc2B2c4ccccc4Oc4cccc3c42)cc1. The van der Waals surface area contributed by atoms with Crippen molar-refractivity contribution >= 4 is 92.1 Å². The van der Waals surface area contributed by atoms with E-state index in [1.54, 1.807) is 0 Å². The molecule has 1 unspecified atom stereocenters. The molecule has 2 nitrogen and oxygen atoms in total. The van der Waals surface area contributed by atoms with E-state index >= 15 is 0 Å². The third kappa shape index (κ3) is 5.08. The van der Waals surface area contributed by atoms with Crippen LogP contribution in [-0.4, -0.2) is 21.5 Å². The van der Waals surface area contributed by atoms with Crippen molar-refractivity contribution in [1.29, 1.82) is 0 Å². The lowest BCUT2D eigenvalue weighted by atomic mass is 9.35. The molecule has 0 saturated heterocycles. The Balaban J connectivity index is 1.12. The van der Waals surface area contributed by atoms with E-state index in [-0.39, 0.29) is 13.4 Å². The maximum atomic E-state index is 6.83. The Kier molecular flexibility index (Phi) is 7.79. The van der Waals surface area contributed by atoms with Gasteiger partial charge in [0.05, 0.1) is 0 Å². The molecule has 0 radical (unpaired) electrons. The molecule has 9 aromatic carbocycles. The molecule has 9 aromatic rings. The van der Waals surface area contributed by atoms with Gasteiger partial charge in [0.15, 0.2) is 8.07 Å². The van der Waals surface area contributed by atoms with Gasteiger partial charge in [-0.2, -0.15) is 0 Å². The molecule has 0 fully saturated rings. The summed E-state index contributed by atoms with van der Waals surface area (Å²) in [5.74, 6) is 1.93. The van der Waals surface area contributed by atoms with E-state index < -0.39 is 8.07 Å². The summed E-state index contributed by atoms with van der Waals surface area (Å²) < 4.78 is 6.83. The molecule has 0 bridgehead atoms. The molecule has 0 aliphatic carbocycles. The zero-order valence-electron chi connectivity index (χ0n) is 32.4. The number of fused-ring (bicyclic) bond motifs is 10. The van der Waals surface area contributed by atoms with Gasteiger partial charge in [0.2, 0.25) is 6.71 Å². The quantitative estimate of drug-likeness (QED) is 0.201. The van der Waals surface area contributed by atoms with E-state index in [1.165, 1.54) is 64.7 Å². The predicted octanol–water partition coefficient (Wildman–Crippen LogP) is 5.97. The van der Waals surface area contributed by atoms with E-state index in [0.717, 1.165) is 28.6 Å². The highest BCUT2D eigenvalue weighted by molar-refractivity contribution is 7.31. The van der Waals surface area contributed by atoms with Crippen molar-refractivity contribution in [3.05, 3.63) is 224 Å². The average Bonchev–Trinajstić information content (AvgIpc) is 3.31. The van der Waals surface area contributed by atoms with Crippen LogP contribution in [0, 0.1) is 0 Å². The Hall–Kier alpha value is -7.07. The second kappa shape index (κ2) is 13.5. The summed E-state index contributed by atoms with van der Waals surface area (Å²) >= 11 is 0. The maximum absolute atomic E-state index is 6.83. The predicted molar refractivity (Wildman–Crippen MR) is 252 cm³/mol. The fourth-order valence-electron chi connectivity index (χ4n) is 10.6. The van der Waals surface area contributed by atoms with Crippen LogP contribution in [0.25, 0.3) is 11.1 Å². The summed E-state index contributed by atoms with van der Waals surface area (Å²) in [4.78, 5) is 2.35. The van der Waals surface area contributed by atoms with Crippen LogP contribution in [-0.2, 0) is 0 Å². The molecule has 3 heterocycles. The number of hydrogen-bond acceptors (Lipinski definition) is 2. The molecule has 0 amide bonds. The molecule has 1 atom stereocenters. The summed E-state index contributed by atoms with van der Waals surface area (Å²) in [6, 6.07) is 83.2. The molecule has 5 heteroatoms. The van der Waals surface area contributed by atoms with Crippen LogP contribution in [0.2, 0.25) is 0 Å². The number of rotatable bonds is 5. The molecule has 0 N–H and O–H groups in total. The Morgan fingerprint density at radius 1 is 0.339 bits per heavy atom. The van der Waals surface area contributed by atoms with E-state index in [0.29, 0.717) is 0 Å². The topological polar surface area (TPSA) is 12.5 Å². The number of anilines is 3. The molecule has 59 heavy (non-hydrogen) atoms. The minimum Gasteiger partial charge on any atom is -0.458 e. The first kappa shape index (κ1) is 34.0. The molecule has 3 aliphatic rings. The van der Waals surface area contributed by atoms with Crippen molar-refractivity contribution < 1.29 is 4.74 Å². The van der Waals surface area contributed by atoms with Gasteiger partial charge in [-0.05, 0) is 91.3 Å². The van der Waals surface area contributed by atoms with Crippen molar-refractivity contribution in [2.24, 2.45) is 0 Å². The van der Waals surface area contributed by atoms with Crippen LogP contribution in [0.5, 0.6) is 11.5 Å². The lowest BCUT2D eigenvalue weighted by molar-refractivity contribution is 0.488. The van der Waals surface area contributed by atoms with Gasteiger partial charge < -0.3 is 9.64 Å². The highest BCUT2D eigenvalue weighted by Crippen LogP contribution is 2.36. The van der Waals surface area contributed by atoms with Gasteiger partial charge in [-0.1, -0.05) is 198 Å². The molecule has 12 rings (SSSR count). The Morgan fingerprint density at radius 2 is 0.847 bits per heavy atom. The van der Waals surface area contributed by atoms with Crippen molar-refractivity contribution in [1.82, 2.24) is 0 Å². The summed E-state index contributed by atoms with van der Waals surface area (Å²) in [5.41, 5.74) is 13.8. The van der Waals surface area contributed by atoms with Gasteiger partial charge in [-0.25, -0.2) is 0 Å². The first-order valence-electron chi connectivity index (χ1n) is 20.6. The lowest BCUT2D eigenvalue weighted by Crippen LogP contribution is -2.93. The largest absolute Gasteiger partial charge is 0.458 e.